The highest BCUT2D eigenvalue weighted by Gasteiger charge is 2.38. The van der Waals surface area contributed by atoms with Crippen molar-refractivity contribution in [3.63, 3.8) is 0 Å². The molecule has 1 aromatic rings. The van der Waals surface area contributed by atoms with Gasteiger partial charge in [0.1, 0.15) is 11.8 Å². The van der Waals surface area contributed by atoms with Crippen LogP contribution in [0.5, 0.6) is 5.75 Å². The van der Waals surface area contributed by atoms with E-state index in [0.717, 1.165) is 12.8 Å². The zero-order chi connectivity index (χ0) is 22.4. The van der Waals surface area contributed by atoms with Crippen molar-refractivity contribution < 1.29 is 19.5 Å². The molecule has 9 nitrogen and oxygen atoms in total. The van der Waals surface area contributed by atoms with Crippen LogP contribution in [0.4, 0.5) is 0 Å². The summed E-state index contributed by atoms with van der Waals surface area (Å²) in [6.07, 6.45) is 3.19. The molecule has 1 saturated carbocycles. The third-order valence-corrected chi connectivity index (χ3v) is 5.16. The predicted octanol–water partition coefficient (Wildman–Crippen LogP) is 1.03. The van der Waals surface area contributed by atoms with Gasteiger partial charge in [0.2, 0.25) is 11.8 Å². The van der Waals surface area contributed by atoms with Gasteiger partial charge in [0.05, 0.1) is 12.1 Å². The van der Waals surface area contributed by atoms with Gasteiger partial charge in [-0.2, -0.15) is 0 Å². The first-order chi connectivity index (χ1) is 14.1. The van der Waals surface area contributed by atoms with Crippen LogP contribution >= 0.6 is 0 Å². The summed E-state index contributed by atoms with van der Waals surface area (Å²) < 4.78 is 0. The van der Waals surface area contributed by atoms with Crippen LogP contribution < -0.4 is 16.0 Å². The Morgan fingerprint density at radius 2 is 1.80 bits per heavy atom. The second kappa shape index (κ2) is 10.2. The van der Waals surface area contributed by atoms with Crippen LogP contribution in [0.15, 0.2) is 23.3 Å². The largest absolute Gasteiger partial charge is 0.505 e. The van der Waals surface area contributed by atoms with Crippen molar-refractivity contribution in [1.29, 1.82) is 0 Å². The Morgan fingerprint density at radius 3 is 2.33 bits per heavy atom. The molecule has 0 spiro atoms. The number of carbonyl (C=O) groups excluding carboxylic acids is 3. The van der Waals surface area contributed by atoms with E-state index in [4.69, 9.17) is 0 Å². The number of nitrogens with one attached hydrogen (secondary N) is 3. The molecule has 30 heavy (non-hydrogen) atoms. The average Bonchev–Trinajstić information content (AvgIpc) is 3.54. The third-order valence-electron chi connectivity index (χ3n) is 5.16. The number of aromatic nitrogens is 1. The van der Waals surface area contributed by atoms with E-state index >= 15 is 0 Å². The molecule has 1 aliphatic carbocycles. The number of aromatic hydroxyl groups is 1. The number of carbonyl (C=O) groups is 3. The number of rotatable bonds is 9. The van der Waals surface area contributed by atoms with E-state index in [1.807, 2.05) is 0 Å². The van der Waals surface area contributed by atoms with Gasteiger partial charge in [0, 0.05) is 24.9 Å². The second-order valence-corrected chi connectivity index (χ2v) is 7.96. The molecule has 0 bridgehead atoms. The highest BCUT2D eigenvalue weighted by atomic mass is 16.3. The zero-order valence-corrected chi connectivity index (χ0v) is 18.1. The Morgan fingerprint density at radius 1 is 1.13 bits per heavy atom. The summed E-state index contributed by atoms with van der Waals surface area (Å²) in [4.78, 5) is 45.6. The Balaban J connectivity index is 2.11. The van der Waals surface area contributed by atoms with E-state index in [2.05, 4.69) is 25.9 Å². The molecule has 1 aliphatic rings. The minimum atomic E-state index is -0.617. The Kier molecular flexibility index (Phi) is 7.91. The Labute approximate surface area is 176 Å². The van der Waals surface area contributed by atoms with Gasteiger partial charge < -0.3 is 21.1 Å². The summed E-state index contributed by atoms with van der Waals surface area (Å²) in [5.74, 6) is -1.36. The number of hydrogen-bond acceptors (Lipinski definition) is 6. The Bertz CT molecular complexity index is 819. The lowest BCUT2D eigenvalue weighted by molar-refractivity contribution is -0.131. The molecular formula is C21H31N5O4. The van der Waals surface area contributed by atoms with Crippen LogP contribution in [0, 0.1) is 11.8 Å². The van der Waals surface area contributed by atoms with Crippen LogP contribution in [0.3, 0.4) is 0 Å². The van der Waals surface area contributed by atoms with E-state index in [-0.39, 0.29) is 35.1 Å². The molecule has 0 saturated heterocycles. The molecule has 1 aromatic heterocycles. The van der Waals surface area contributed by atoms with Crippen molar-refractivity contribution in [2.24, 2.45) is 16.8 Å². The average molecular weight is 418 g/mol. The minimum absolute atomic E-state index is 0.106. The van der Waals surface area contributed by atoms with Crippen molar-refractivity contribution >= 4 is 23.4 Å². The number of amides is 3. The van der Waals surface area contributed by atoms with Crippen LogP contribution in [0.2, 0.25) is 0 Å². The van der Waals surface area contributed by atoms with Gasteiger partial charge in [0.15, 0.2) is 5.69 Å². The summed E-state index contributed by atoms with van der Waals surface area (Å²) in [5.41, 5.74) is 0.491. The Hall–Kier alpha value is -2.97. The predicted molar refractivity (Wildman–Crippen MR) is 113 cm³/mol. The van der Waals surface area contributed by atoms with Gasteiger partial charge in [-0.1, -0.05) is 13.8 Å². The van der Waals surface area contributed by atoms with Gasteiger partial charge in [0.25, 0.3) is 5.91 Å². The maximum absolute atomic E-state index is 12.9. The van der Waals surface area contributed by atoms with Gasteiger partial charge in [-0.15, -0.1) is 0 Å². The molecule has 3 amide bonds. The summed E-state index contributed by atoms with van der Waals surface area (Å²) in [6.45, 7) is 7.05. The maximum atomic E-state index is 12.9. The minimum Gasteiger partial charge on any atom is -0.505 e. The van der Waals surface area contributed by atoms with Crippen molar-refractivity contribution in [1.82, 2.24) is 20.9 Å². The van der Waals surface area contributed by atoms with Crippen molar-refractivity contribution in [3.8, 4) is 5.75 Å². The van der Waals surface area contributed by atoms with Gasteiger partial charge >= 0.3 is 0 Å². The quantitative estimate of drug-likeness (QED) is 0.446. The number of aliphatic imine (C=N–C) groups is 1. The summed E-state index contributed by atoms with van der Waals surface area (Å²) >= 11 is 0. The van der Waals surface area contributed by atoms with Crippen molar-refractivity contribution in [2.45, 2.75) is 58.7 Å². The molecule has 0 aliphatic heterocycles. The molecule has 1 heterocycles. The molecule has 164 valence electrons. The van der Waals surface area contributed by atoms with E-state index in [1.165, 1.54) is 18.3 Å². The summed E-state index contributed by atoms with van der Waals surface area (Å²) in [6, 6.07) is 1.17. The first kappa shape index (κ1) is 23.3. The fourth-order valence-electron chi connectivity index (χ4n) is 3.06. The highest BCUT2D eigenvalue weighted by Crippen LogP contribution is 2.33. The number of nitrogens with zero attached hydrogens (tertiary/aromatic N) is 2. The van der Waals surface area contributed by atoms with E-state index in [1.54, 1.807) is 34.7 Å². The van der Waals surface area contributed by atoms with Crippen molar-refractivity contribution in [3.05, 3.63) is 24.0 Å². The summed E-state index contributed by atoms with van der Waals surface area (Å²) in [5, 5.41) is 18.4. The second-order valence-electron chi connectivity index (χ2n) is 7.96. The fourth-order valence-corrected chi connectivity index (χ4v) is 3.06. The third kappa shape index (κ3) is 6.01. The first-order valence-electron chi connectivity index (χ1n) is 10.1. The van der Waals surface area contributed by atoms with Crippen LogP contribution in [0.25, 0.3) is 0 Å². The lowest BCUT2D eigenvalue weighted by Gasteiger charge is -2.28. The molecule has 3 atom stereocenters. The molecule has 3 unspecified atom stereocenters. The molecule has 4 N–H and O–H groups in total. The lowest BCUT2D eigenvalue weighted by atomic mass is 10.0. The van der Waals surface area contributed by atoms with Crippen molar-refractivity contribution in [2.75, 3.05) is 7.05 Å². The number of pyridine rings is 1. The topological polar surface area (TPSA) is 133 Å². The van der Waals surface area contributed by atoms with Crippen LogP contribution in [0.1, 0.15) is 51.0 Å². The molecule has 2 rings (SSSR count). The molecule has 0 radical (unpaired) electrons. The first-order valence-corrected chi connectivity index (χ1v) is 10.1. The SMILES string of the molecule is CN=C(C)C(NC(=O)c1ncccc1O)C(C)NC(=O)C(NC(=O)C(C)C)C1CC1. The maximum Gasteiger partial charge on any atom is 0.274 e. The molecule has 0 aromatic carbocycles. The monoisotopic (exact) mass is 417 g/mol. The van der Waals surface area contributed by atoms with E-state index in [0.29, 0.717) is 5.71 Å². The van der Waals surface area contributed by atoms with Crippen LogP contribution in [-0.4, -0.2) is 58.7 Å². The zero-order valence-electron chi connectivity index (χ0n) is 18.1. The highest BCUT2D eigenvalue weighted by molar-refractivity contribution is 5.99. The summed E-state index contributed by atoms with van der Waals surface area (Å²) in [7, 11) is 1.59. The van der Waals surface area contributed by atoms with Crippen LogP contribution in [-0.2, 0) is 9.59 Å². The normalized spacial score (nSPS) is 17.1. The lowest BCUT2D eigenvalue weighted by Crippen LogP contribution is -2.58. The molecular weight excluding hydrogens is 386 g/mol. The smallest absolute Gasteiger partial charge is 0.274 e. The molecule has 1 fully saturated rings. The van der Waals surface area contributed by atoms with Gasteiger partial charge in [-0.3, -0.25) is 19.4 Å². The molecule has 9 heteroatoms. The fraction of sp³-hybridized carbons (Fsp3) is 0.571. The van der Waals surface area contributed by atoms with E-state index < -0.39 is 24.0 Å². The van der Waals surface area contributed by atoms with Gasteiger partial charge in [-0.25, -0.2) is 4.98 Å². The standard InChI is InChI=1S/C21H31N5O4/c1-11(2)19(28)26-17(14-8-9-14)20(29)24-13(4)16(12(3)22-5)25-21(30)18-15(27)7-6-10-23-18/h6-7,10-11,13-14,16-17,27H,8-9H2,1-5H3,(H,24,29)(H,25,30)(H,26,28). The van der Waals surface area contributed by atoms with E-state index in [9.17, 15) is 19.5 Å². The number of hydrogen-bond donors (Lipinski definition) is 4. The van der Waals surface area contributed by atoms with Gasteiger partial charge in [-0.05, 0) is 44.7 Å².